The van der Waals surface area contributed by atoms with E-state index in [1.54, 1.807) is 24.3 Å². The van der Waals surface area contributed by atoms with Crippen LogP contribution in [0.15, 0.2) is 42.7 Å². The number of halogens is 2. The first-order chi connectivity index (χ1) is 9.61. The molecule has 0 fully saturated rings. The highest BCUT2D eigenvalue weighted by molar-refractivity contribution is 6.35. The van der Waals surface area contributed by atoms with Crippen molar-refractivity contribution in [2.45, 2.75) is 0 Å². The summed E-state index contributed by atoms with van der Waals surface area (Å²) in [5, 5.41) is 5.18. The normalized spacial score (nSPS) is 10.7. The van der Waals surface area contributed by atoms with Crippen molar-refractivity contribution in [2.24, 2.45) is 0 Å². The second kappa shape index (κ2) is 5.15. The minimum atomic E-state index is 0.558. The van der Waals surface area contributed by atoms with Gasteiger partial charge in [0.25, 0.3) is 0 Å². The van der Waals surface area contributed by atoms with Crippen LogP contribution >= 0.6 is 23.2 Å². The molecule has 6 heteroatoms. The fourth-order valence-electron chi connectivity index (χ4n) is 1.94. The lowest BCUT2D eigenvalue weighted by Crippen LogP contribution is -1.96. The third-order valence-electron chi connectivity index (χ3n) is 2.79. The van der Waals surface area contributed by atoms with Gasteiger partial charge in [0.2, 0.25) is 0 Å². The van der Waals surface area contributed by atoms with Gasteiger partial charge in [-0.2, -0.15) is 0 Å². The number of hydrogen-bond acceptors (Lipinski definition) is 4. The van der Waals surface area contributed by atoms with E-state index < -0.39 is 0 Å². The molecule has 20 heavy (non-hydrogen) atoms. The van der Waals surface area contributed by atoms with E-state index in [0.717, 1.165) is 16.6 Å². The van der Waals surface area contributed by atoms with Crippen LogP contribution in [-0.4, -0.2) is 9.97 Å². The molecule has 0 saturated carbocycles. The third-order valence-corrected chi connectivity index (χ3v) is 3.22. The van der Waals surface area contributed by atoms with E-state index in [9.17, 15) is 0 Å². The lowest BCUT2D eigenvalue weighted by Gasteiger charge is -2.09. The Morgan fingerprint density at radius 1 is 0.950 bits per heavy atom. The van der Waals surface area contributed by atoms with Gasteiger partial charge < -0.3 is 11.1 Å². The number of aromatic nitrogens is 2. The fraction of sp³-hybridized carbons (Fsp3) is 0. The average molecular weight is 305 g/mol. The van der Waals surface area contributed by atoms with Gasteiger partial charge in [0.15, 0.2) is 0 Å². The monoisotopic (exact) mass is 304 g/mol. The Hall–Kier alpha value is -2.04. The summed E-state index contributed by atoms with van der Waals surface area (Å²) < 4.78 is 0. The molecule has 1 heterocycles. The Balaban J connectivity index is 2.06. The van der Waals surface area contributed by atoms with Crippen LogP contribution in [0, 0.1) is 0 Å². The van der Waals surface area contributed by atoms with E-state index in [2.05, 4.69) is 15.3 Å². The molecule has 3 aromatic rings. The molecule has 0 amide bonds. The lowest BCUT2D eigenvalue weighted by molar-refractivity contribution is 1.22. The molecule has 0 saturated heterocycles. The highest BCUT2D eigenvalue weighted by Gasteiger charge is 2.05. The Labute approximate surface area is 125 Å². The first kappa shape index (κ1) is 13.0. The van der Waals surface area contributed by atoms with Gasteiger partial charge in [-0.1, -0.05) is 23.2 Å². The Morgan fingerprint density at radius 2 is 1.70 bits per heavy atom. The molecule has 0 atom stereocenters. The molecule has 0 spiro atoms. The lowest BCUT2D eigenvalue weighted by atomic mass is 10.2. The number of nitrogens with one attached hydrogen (secondary N) is 1. The van der Waals surface area contributed by atoms with Crippen LogP contribution in [0.1, 0.15) is 0 Å². The zero-order valence-electron chi connectivity index (χ0n) is 10.3. The molecule has 0 bridgehead atoms. The van der Waals surface area contributed by atoms with Crippen LogP contribution < -0.4 is 11.1 Å². The topological polar surface area (TPSA) is 63.8 Å². The highest BCUT2D eigenvalue weighted by atomic mass is 35.5. The van der Waals surface area contributed by atoms with Crippen LogP contribution in [0.5, 0.6) is 0 Å². The molecular formula is C14H10Cl2N4. The maximum Gasteiger partial charge on any atom is 0.141 e. The minimum absolute atomic E-state index is 0.558. The summed E-state index contributed by atoms with van der Waals surface area (Å²) in [6.07, 6.45) is 1.48. The molecule has 3 N–H and O–H groups in total. The van der Waals surface area contributed by atoms with Crippen molar-refractivity contribution in [3.8, 4) is 0 Å². The Bertz CT molecular complexity index is 769. The van der Waals surface area contributed by atoms with Gasteiger partial charge in [0.1, 0.15) is 12.1 Å². The molecule has 0 aliphatic rings. The maximum atomic E-state index is 5.98. The number of fused-ring (bicyclic) bond motifs is 1. The first-order valence-electron chi connectivity index (χ1n) is 5.85. The van der Waals surface area contributed by atoms with Crippen molar-refractivity contribution in [2.75, 3.05) is 11.1 Å². The number of anilines is 3. The molecule has 3 rings (SSSR count). The minimum Gasteiger partial charge on any atom is -0.399 e. The van der Waals surface area contributed by atoms with Gasteiger partial charge in [-0.15, -0.1) is 0 Å². The molecule has 2 aromatic carbocycles. The van der Waals surface area contributed by atoms with E-state index in [4.69, 9.17) is 28.9 Å². The van der Waals surface area contributed by atoms with E-state index in [1.807, 2.05) is 12.1 Å². The number of nitrogens with two attached hydrogens (primary N) is 1. The summed E-state index contributed by atoms with van der Waals surface area (Å²) in [4.78, 5) is 8.44. The summed E-state index contributed by atoms with van der Waals surface area (Å²) in [5.41, 5.74) is 7.95. The van der Waals surface area contributed by atoms with Gasteiger partial charge in [0.05, 0.1) is 5.52 Å². The van der Waals surface area contributed by atoms with Crippen LogP contribution in [0.25, 0.3) is 10.9 Å². The fourth-order valence-corrected chi connectivity index (χ4v) is 2.46. The van der Waals surface area contributed by atoms with E-state index >= 15 is 0 Å². The van der Waals surface area contributed by atoms with Gasteiger partial charge in [-0.05, 0) is 36.4 Å². The largest absolute Gasteiger partial charge is 0.399 e. The predicted octanol–water partition coefficient (Wildman–Crippen LogP) is 4.26. The summed E-state index contributed by atoms with van der Waals surface area (Å²) >= 11 is 12.0. The molecule has 1 aromatic heterocycles. The zero-order valence-corrected chi connectivity index (χ0v) is 11.8. The van der Waals surface area contributed by atoms with Crippen molar-refractivity contribution in [1.29, 1.82) is 0 Å². The second-order valence-corrected chi connectivity index (χ2v) is 5.15. The third kappa shape index (κ3) is 2.61. The molecule has 4 nitrogen and oxygen atoms in total. The quantitative estimate of drug-likeness (QED) is 0.694. The van der Waals surface area contributed by atoms with Gasteiger partial charge in [-0.25, -0.2) is 9.97 Å². The SMILES string of the molecule is Nc1ccc2c(Nc3cc(Cl)cc(Cl)c3)ncnc2c1. The zero-order chi connectivity index (χ0) is 14.1. The van der Waals surface area contributed by atoms with Gasteiger partial charge in [0, 0.05) is 26.8 Å². The standard InChI is InChI=1S/C14H10Cl2N4/c15-8-3-9(16)5-11(4-8)20-14-12-2-1-10(17)6-13(12)18-7-19-14/h1-7H,17H2,(H,18,19,20). The average Bonchev–Trinajstić information content (AvgIpc) is 2.37. The number of hydrogen-bond donors (Lipinski definition) is 2. The molecule has 0 aliphatic heterocycles. The number of nitrogen functional groups attached to an aromatic ring is 1. The van der Waals surface area contributed by atoms with Crippen LogP contribution in [-0.2, 0) is 0 Å². The predicted molar refractivity (Wildman–Crippen MR) is 83.7 cm³/mol. The second-order valence-electron chi connectivity index (χ2n) is 4.28. The number of benzene rings is 2. The van der Waals surface area contributed by atoms with E-state index in [-0.39, 0.29) is 0 Å². The number of rotatable bonds is 2. The Morgan fingerprint density at radius 3 is 2.45 bits per heavy atom. The highest BCUT2D eigenvalue weighted by Crippen LogP contribution is 2.28. The van der Waals surface area contributed by atoms with Crippen molar-refractivity contribution in [3.63, 3.8) is 0 Å². The molecular weight excluding hydrogens is 295 g/mol. The van der Waals surface area contributed by atoms with Crippen molar-refractivity contribution in [1.82, 2.24) is 9.97 Å². The molecule has 100 valence electrons. The maximum absolute atomic E-state index is 5.98. The van der Waals surface area contributed by atoms with Crippen LogP contribution in [0.4, 0.5) is 17.2 Å². The first-order valence-corrected chi connectivity index (χ1v) is 6.61. The molecule has 0 aliphatic carbocycles. The van der Waals surface area contributed by atoms with E-state index in [0.29, 0.717) is 21.6 Å². The van der Waals surface area contributed by atoms with Gasteiger partial charge in [-0.3, -0.25) is 0 Å². The van der Waals surface area contributed by atoms with Crippen molar-refractivity contribution in [3.05, 3.63) is 52.8 Å². The van der Waals surface area contributed by atoms with Gasteiger partial charge >= 0.3 is 0 Å². The summed E-state index contributed by atoms with van der Waals surface area (Å²) in [6.45, 7) is 0. The summed E-state index contributed by atoms with van der Waals surface area (Å²) in [6, 6.07) is 10.7. The van der Waals surface area contributed by atoms with Crippen molar-refractivity contribution >= 4 is 51.3 Å². The summed E-state index contributed by atoms with van der Waals surface area (Å²) in [7, 11) is 0. The van der Waals surface area contributed by atoms with Crippen LogP contribution in [0.3, 0.4) is 0 Å². The summed E-state index contributed by atoms with van der Waals surface area (Å²) in [5.74, 6) is 0.674. The van der Waals surface area contributed by atoms with E-state index in [1.165, 1.54) is 6.33 Å². The van der Waals surface area contributed by atoms with Crippen molar-refractivity contribution < 1.29 is 0 Å². The number of nitrogens with zero attached hydrogens (tertiary/aromatic N) is 2. The molecule has 0 radical (unpaired) electrons. The smallest absolute Gasteiger partial charge is 0.141 e. The Kier molecular flexibility index (Phi) is 3.34. The van der Waals surface area contributed by atoms with Crippen LogP contribution in [0.2, 0.25) is 10.0 Å². The molecule has 0 unspecified atom stereocenters.